The lowest BCUT2D eigenvalue weighted by Gasteiger charge is -2.06. The van der Waals surface area contributed by atoms with E-state index in [2.05, 4.69) is 19.5 Å². The Hall–Kier alpha value is 0.310. The van der Waals surface area contributed by atoms with Crippen molar-refractivity contribution in [3.05, 3.63) is 0 Å². The summed E-state index contributed by atoms with van der Waals surface area (Å²) in [7, 11) is 2.66. The number of hydrogen-bond donors (Lipinski definition) is 2. The third-order valence-electron chi connectivity index (χ3n) is 1.46. The summed E-state index contributed by atoms with van der Waals surface area (Å²) in [6, 6.07) is 0.507. The molecule has 1 fully saturated rings. The first-order valence-corrected chi connectivity index (χ1v) is 3.30. The second-order valence-corrected chi connectivity index (χ2v) is 2.88. The summed E-state index contributed by atoms with van der Waals surface area (Å²) in [6.07, 6.45) is 1.17. The minimum Gasteiger partial charge on any atom is -0.286 e. The molecule has 0 aromatic rings. The highest BCUT2D eigenvalue weighted by atomic mass is 31.0. The van der Waals surface area contributed by atoms with Gasteiger partial charge in [0.05, 0.1) is 0 Å². The van der Waals surface area contributed by atoms with Gasteiger partial charge in [0.15, 0.2) is 0 Å². The first kappa shape index (κ1) is 6.43. The first-order chi connectivity index (χ1) is 3.83. The van der Waals surface area contributed by atoms with Crippen molar-refractivity contribution in [2.45, 2.75) is 12.5 Å². The number of nitrogens with zero attached hydrogens (tertiary/aromatic N) is 1. The Balaban J connectivity index is 2.22. The fourth-order valence-corrected chi connectivity index (χ4v) is 1.33. The van der Waals surface area contributed by atoms with Gasteiger partial charge in [-0.3, -0.25) is 15.9 Å². The van der Waals surface area contributed by atoms with Crippen molar-refractivity contribution < 1.29 is 0 Å². The molecule has 0 spiro atoms. The van der Waals surface area contributed by atoms with Gasteiger partial charge in [0.2, 0.25) is 0 Å². The van der Waals surface area contributed by atoms with E-state index in [0.29, 0.717) is 6.04 Å². The quantitative estimate of drug-likeness (QED) is 0.283. The molecule has 1 rings (SSSR count). The molecule has 2 atom stereocenters. The van der Waals surface area contributed by atoms with E-state index in [-0.39, 0.29) is 0 Å². The SMILES string of the molecule is NNC1CCN(P)C1. The largest absolute Gasteiger partial charge is 0.286 e. The average Bonchev–Trinajstić information content (AvgIpc) is 2.14. The predicted octanol–water partition coefficient (Wildman–Crippen LogP) is -0.686. The van der Waals surface area contributed by atoms with E-state index >= 15 is 0 Å². The molecule has 3 nitrogen and oxygen atoms in total. The van der Waals surface area contributed by atoms with Crippen molar-refractivity contribution in [3.63, 3.8) is 0 Å². The van der Waals surface area contributed by atoms with Gasteiger partial charge in [-0.15, -0.1) is 0 Å². The molecule has 0 bridgehead atoms. The molecule has 1 aliphatic rings. The minimum absolute atomic E-state index is 0.507. The van der Waals surface area contributed by atoms with E-state index in [1.807, 2.05) is 0 Å². The number of nitrogens with one attached hydrogen (secondary N) is 1. The summed E-state index contributed by atoms with van der Waals surface area (Å²) >= 11 is 0. The van der Waals surface area contributed by atoms with Crippen LogP contribution in [0.4, 0.5) is 0 Å². The van der Waals surface area contributed by atoms with E-state index < -0.39 is 0 Å². The highest BCUT2D eigenvalue weighted by molar-refractivity contribution is 7.13. The van der Waals surface area contributed by atoms with E-state index in [4.69, 9.17) is 5.84 Å². The number of hydrogen-bond acceptors (Lipinski definition) is 3. The molecule has 0 amide bonds. The number of nitrogens with two attached hydrogens (primary N) is 1. The molecule has 0 saturated carbocycles. The summed E-state index contributed by atoms with van der Waals surface area (Å²) in [5, 5.41) is 0. The lowest BCUT2D eigenvalue weighted by Crippen LogP contribution is -2.35. The van der Waals surface area contributed by atoms with Crippen LogP contribution in [0.25, 0.3) is 0 Å². The molecule has 8 heavy (non-hydrogen) atoms. The van der Waals surface area contributed by atoms with E-state index in [0.717, 1.165) is 13.1 Å². The van der Waals surface area contributed by atoms with Crippen LogP contribution in [0.15, 0.2) is 0 Å². The lowest BCUT2D eigenvalue weighted by atomic mass is 10.3. The normalized spacial score (nSPS) is 31.5. The van der Waals surface area contributed by atoms with Crippen molar-refractivity contribution in [2.75, 3.05) is 13.1 Å². The van der Waals surface area contributed by atoms with Crippen LogP contribution >= 0.6 is 9.39 Å². The van der Waals surface area contributed by atoms with Gasteiger partial charge in [0.25, 0.3) is 0 Å². The van der Waals surface area contributed by atoms with Gasteiger partial charge in [-0.25, -0.2) is 0 Å². The van der Waals surface area contributed by atoms with Gasteiger partial charge in [0, 0.05) is 19.1 Å². The fraction of sp³-hybridized carbons (Fsp3) is 1.00. The van der Waals surface area contributed by atoms with Crippen LogP contribution in [0, 0.1) is 0 Å². The first-order valence-electron chi connectivity index (χ1n) is 2.78. The van der Waals surface area contributed by atoms with Gasteiger partial charge < -0.3 is 0 Å². The lowest BCUT2D eigenvalue weighted by molar-refractivity contribution is 0.522. The van der Waals surface area contributed by atoms with E-state index in [1.54, 1.807) is 0 Å². The maximum Gasteiger partial charge on any atom is 0.0353 e. The van der Waals surface area contributed by atoms with Crippen LogP contribution in [0.3, 0.4) is 0 Å². The Morgan fingerprint density at radius 1 is 1.75 bits per heavy atom. The fourth-order valence-electron chi connectivity index (χ4n) is 0.923. The maximum atomic E-state index is 5.21. The Morgan fingerprint density at radius 2 is 2.50 bits per heavy atom. The summed E-state index contributed by atoms with van der Waals surface area (Å²) < 4.78 is 2.19. The molecule has 1 aliphatic heterocycles. The molecule has 3 N–H and O–H groups in total. The van der Waals surface area contributed by atoms with Gasteiger partial charge in [0.1, 0.15) is 0 Å². The molecule has 1 saturated heterocycles. The Bertz CT molecular complexity index is 77.7. The molecule has 0 aromatic heterocycles. The molecule has 0 radical (unpaired) electrons. The van der Waals surface area contributed by atoms with E-state index in [1.165, 1.54) is 6.42 Å². The van der Waals surface area contributed by atoms with Gasteiger partial charge in [-0.1, -0.05) is 9.39 Å². The van der Waals surface area contributed by atoms with Crippen LogP contribution in [-0.2, 0) is 0 Å². The molecule has 1 heterocycles. The Kier molecular flexibility index (Phi) is 2.20. The van der Waals surface area contributed by atoms with Crippen molar-refractivity contribution in [1.82, 2.24) is 10.1 Å². The van der Waals surface area contributed by atoms with Crippen molar-refractivity contribution in [1.29, 1.82) is 0 Å². The topological polar surface area (TPSA) is 41.3 Å². The smallest absolute Gasteiger partial charge is 0.0353 e. The number of hydrazine groups is 1. The van der Waals surface area contributed by atoms with Crippen LogP contribution < -0.4 is 11.3 Å². The maximum absolute atomic E-state index is 5.21. The molecule has 0 aromatic carbocycles. The Labute approximate surface area is 51.8 Å². The zero-order valence-corrected chi connectivity index (χ0v) is 5.96. The molecule has 0 aliphatic carbocycles. The van der Waals surface area contributed by atoms with Gasteiger partial charge in [-0.2, -0.15) is 0 Å². The molecule has 48 valence electrons. The van der Waals surface area contributed by atoms with Crippen LogP contribution in [0.5, 0.6) is 0 Å². The van der Waals surface area contributed by atoms with Crippen LogP contribution in [-0.4, -0.2) is 23.8 Å². The van der Waals surface area contributed by atoms with Gasteiger partial charge >= 0.3 is 0 Å². The highest BCUT2D eigenvalue weighted by Gasteiger charge is 2.16. The second-order valence-electron chi connectivity index (χ2n) is 2.15. The van der Waals surface area contributed by atoms with Crippen molar-refractivity contribution >= 4 is 9.39 Å². The predicted molar refractivity (Wildman–Crippen MR) is 37.0 cm³/mol. The summed E-state index contributed by atoms with van der Waals surface area (Å²) in [4.78, 5) is 0. The number of rotatable bonds is 1. The summed E-state index contributed by atoms with van der Waals surface area (Å²) in [5.41, 5.74) is 2.74. The second kappa shape index (κ2) is 2.74. The Morgan fingerprint density at radius 3 is 2.75 bits per heavy atom. The minimum atomic E-state index is 0.507. The average molecular weight is 133 g/mol. The van der Waals surface area contributed by atoms with Gasteiger partial charge in [-0.05, 0) is 6.42 Å². The third kappa shape index (κ3) is 1.39. The van der Waals surface area contributed by atoms with Crippen LogP contribution in [0.2, 0.25) is 0 Å². The monoisotopic (exact) mass is 133 g/mol. The van der Waals surface area contributed by atoms with Crippen LogP contribution in [0.1, 0.15) is 6.42 Å². The zero-order chi connectivity index (χ0) is 5.98. The summed E-state index contributed by atoms with van der Waals surface area (Å²) in [5.74, 6) is 5.21. The summed E-state index contributed by atoms with van der Waals surface area (Å²) in [6.45, 7) is 2.20. The van der Waals surface area contributed by atoms with Crippen molar-refractivity contribution in [2.24, 2.45) is 5.84 Å². The highest BCUT2D eigenvalue weighted by Crippen LogP contribution is 2.11. The zero-order valence-electron chi connectivity index (χ0n) is 4.80. The standard InChI is InChI=1S/C4H12N3P/c5-6-4-1-2-7(8)3-4/h4,6H,1-3,5,8H2. The molecule has 4 heteroatoms. The molecule has 2 unspecified atom stereocenters. The van der Waals surface area contributed by atoms with Crippen molar-refractivity contribution in [3.8, 4) is 0 Å². The third-order valence-corrected chi connectivity index (χ3v) is 1.92. The molecular formula is C4H12N3P. The van der Waals surface area contributed by atoms with E-state index in [9.17, 15) is 0 Å². The molecular weight excluding hydrogens is 121 g/mol.